The van der Waals surface area contributed by atoms with E-state index in [-0.39, 0.29) is 5.91 Å². The Labute approximate surface area is 177 Å². The van der Waals surface area contributed by atoms with Crippen molar-refractivity contribution in [1.29, 1.82) is 0 Å². The smallest absolute Gasteiger partial charge is 0.271 e. The number of hydrazone groups is 1. The number of carbonyl (C=O) groups is 1. The summed E-state index contributed by atoms with van der Waals surface area (Å²) in [6.45, 7) is 0. The maximum Gasteiger partial charge on any atom is 0.271 e. The van der Waals surface area contributed by atoms with Gasteiger partial charge < -0.3 is 4.74 Å². The van der Waals surface area contributed by atoms with Crippen molar-refractivity contribution < 1.29 is 9.53 Å². The number of nitrogens with zero attached hydrogens (tertiary/aromatic N) is 1. The minimum Gasteiger partial charge on any atom is -0.496 e. The molecule has 28 heavy (non-hydrogen) atoms. The second-order valence-corrected chi connectivity index (χ2v) is 7.85. The van der Waals surface area contributed by atoms with E-state index in [0.717, 1.165) is 21.4 Å². The van der Waals surface area contributed by atoms with E-state index in [2.05, 4.69) is 38.6 Å². The number of hydrogen-bond acceptors (Lipinski definition) is 4. The zero-order valence-electron chi connectivity index (χ0n) is 15.3. The molecule has 0 aliphatic carbocycles. The molecule has 3 aromatic rings. The molecule has 0 bridgehead atoms. The first kappa shape index (κ1) is 20.2. The van der Waals surface area contributed by atoms with Crippen LogP contribution < -0.4 is 10.2 Å². The largest absolute Gasteiger partial charge is 0.496 e. The van der Waals surface area contributed by atoms with Crippen molar-refractivity contribution >= 4 is 39.8 Å². The number of rotatable bonds is 7. The van der Waals surface area contributed by atoms with Crippen molar-refractivity contribution in [2.75, 3.05) is 7.11 Å². The first-order chi connectivity index (χ1) is 13.7. The molecule has 4 nitrogen and oxygen atoms in total. The van der Waals surface area contributed by atoms with E-state index in [9.17, 15) is 4.79 Å². The Morgan fingerprint density at radius 1 is 1.11 bits per heavy atom. The summed E-state index contributed by atoms with van der Waals surface area (Å²) < 4.78 is 6.19. The lowest BCUT2D eigenvalue weighted by molar-refractivity contribution is 0.0955. The van der Waals surface area contributed by atoms with E-state index in [1.807, 2.05) is 60.7 Å². The maximum absolute atomic E-state index is 12.3. The summed E-state index contributed by atoms with van der Waals surface area (Å²) in [4.78, 5) is 13.5. The SMILES string of the molecule is COc1ccc(Br)cc1/C=N\NC(=O)c1ccc(CSc2ccccc2)cc1. The van der Waals surface area contributed by atoms with Gasteiger partial charge in [0, 0.05) is 26.2 Å². The molecular formula is C22H19BrN2O2S. The first-order valence-corrected chi connectivity index (χ1v) is 10.4. The molecule has 0 heterocycles. The number of halogens is 1. The van der Waals surface area contributed by atoms with Crippen LogP contribution in [-0.4, -0.2) is 19.2 Å². The normalized spacial score (nSPS) is 10.8. The van der Waals surface area contributed by atoms with Crippen LogP contribution in [0.3, 0.4) is 0 Å². The fraction of sp³-hybridized carbons (Fsp3) is 0.0909. The average Bonchev–Trinajstić information content (AvgIpc) is 2.73. The fourth-order valence-electron chi connectivity index (χ4n) is 2.47. The lowest BCUT2D eigenvalue weighted by atomic mass is 10.1. The van der Waals surface area contributed by atoms with Crippen LogP contribution in [0.1, 0.15) is 21.5 Å². The first-order valence-electron chi connectivity index (χ1n) is 8.59. The predicted molar refractivity (Wildman–Crippen MR) is 118 cm³/mol. The minimum absolute atomic E-state index is 0.257. The summed E-state index contributed by atoms with van der Waals surface area (Å²) >= 11 is 5.18. The van der Waals surface area contributed by atoms with Crippen LogP contribution in [0.4, 0.5) is 0 Å². The van der Waals surface area contributed by atoms with E-state index in [1.54, 1.807) is 25.1 Å². The third kappa shape index (κ3) is 5.71. The average molecular weight is 455 g/mol. The van der Waals surface area contributed by atoms with Gasteiger partial charge in [0.25, 0.3) is 5.91 Å². The van der Waals surface area contributed by atoms with E-state index in [1.165, 1.54) is 4.90 Å². The zero-order valence-corrected chi connectivity index (χ0v) is 17.7. The molecule has 142 valence electrons. The highest BCUT2D eigenvalue weighted by atomic mass is 79.9. The molecule has 0 fully saturated rings. The molecule has 0 aliphatic heterocycles. The number of nitrogens with one attached hydrogen (secondary N) is 1. The van der Waals surface area contributed by atoms with Gasteiger partial charge in [-0.3, -0.25) is 4.79 Å². The molecule has 1 N–H and O–H groups in total. The molecule has 3 aromatic carbocycles. The molecule has 0 saturated carbocycles. The molecule has 3 rings (SSSR count). The van der Waals surface area contributed by atoms with Gasteiger partial charge in [-0.25, -0.2) is 5.43 Å². The van der Waals surface area contributed by atoms with Crippen LogP contribution in [-0.2, 0) is 5.75 Å². The van der Waals surface area contributed by atoms with Crippen molar-refractivity contribution in [2.24, 2.45) is 5.10 Å². The van der Waals surface area contributed by atoms with Gasteiger partial charge >= 0.3 is 0 Å². The zero-order chi connectivity index (χ0) is 19.8. The Morgan fingerprint density at radius 3 is 2.57 bits per heavy atom. The Kier molecular flexibility index (Phi) is 7.28. The van der Waals surface area contributed by atoms with Crippen molar-refractivity contribution in [1.82, 2.24) is 5.43 Å². The lowest BCUT2D eigenvalue weighted by Gasteiger charge is -2.05. The van der Waals surface area contributed by atoms with Crippen molar-refractivity contribution in [3.05, 3.63) is 94.0 Å². The summed E-state index contributed by atoms with van der Waals surface area (Å²) in [7, 11) is 1.59. The van der Waals surface area contributed by atoms with E-state index in [0.29, 0.717) is 11.3 Å². The molecule has 0 aliphatic rings. The molecule has 6 heteroatoms. The second kappa shape index (κ2) is 10.1. The number of thioether (sulfide) groups is 1. The molecule has 0 unspecified atom stereocenters. The summed E-state index contributed by atoms with van der Waals surface area (Å²) in [6, 6.07) is 23.4. The molecule has 0 atom stereocenters. The van der Waals surface area contributed by atoms with Crippen LogP contribution in [0.25, 0.3) is 0 Å². The van der Waals surface area contributed by atoms with Crippen molar-refractivity contribution in [3.63, 3.8) is 0 Å². The third-order valence-corrected chi connectivity index (χ3v) is 5.50. The number of hydrogen-bond donors (Lipinski definition) is 1. The van der Waals surface area contributed by atoms with Crippen molar-refractivity contribution in [3.8, 4) is 5.75 Å². The third-order valence-electron chi connectivity index (χ3n) is 3.93. The number of carbonyl (C=O) groups excluding carboxylic acids is 1. The number of amides is 1. The predicted octanol–water partition coefficient (Wildman–Crippen LogP) is 5.51. The summed E-state index contributed by atoms with van der Waals surface area (Å²) in [6.07, 6.45) is 1.56. The van der Waals surface area contributed by atoms with Gasteiger partial charge in [0.05, 0.1) is 13.3 Å². The summed E-state index contributed by atoms with van der Waals surface area (Å²) in [5.41, 5.74) is 5.04. The Balaban J connectivity index is 1.57. The minimum atomic E-state index is -0.257. The van der Waals surface area contributed by atoms with Gasteiger partial charge in [-0.05, 0) is 48.0 Å². The van der Waals surface area contributed by atoms with Crippen LogP contribution in [0.5, 0.6) is 5.75 Å². The molecule has 0 aromatic heterocycles. The number of ether oxygens (including phenoxy) is 1. The summed E-state index contributed by atoms with van der Waals surface area (Å²) in [5.74, 6) is 1.28. The van der Waals surface area contributed by atoms with Crippen molar-refractivity contribution in [2.45, 2.75) is 10.6 Å². The van der Waals surface area contributed by atoms with Gasteiger partial charge in [0.1, 0.15) is 5.75 Å². The highest BCUT2D eigenvalue weighted by molar-refractivity contribution is 9.10. The van der Waals surface area contributed by atoms with Gasteiger partial charge in [-0.2, -0.15) is 5.10 Å². The van der Waals surface area contributed by atoms with Gasteiger partial charge in [-0.1, -0.05) is 46.3 Å². The van der Waals surface area contributed by atoms with Gasteiger partial charge in [-0.15, -0.1) is 11.8 Å². The Bertz CT molecular complexity index is 960. The topological polar surface area (TPSA) is 50.7 Å². The lowest BCUT2D eigenvalue weighted by Crippen LogP contribution is -2.17. The quantitative estimate of drug-likeness (QED) is 0.290. The fourth-order valence-corrected chi connectivity index (χ4v) is 3.72. The molecule has 0 spiro atoms. The van der Waals surface area contributed by atoms with Crippen LogP contribution in [0.2, 0.25) is 0 Å². The van der Waals surface area contributed by atoms with Gasteiger partial charge in [0.15, 0.2) is 0 Å². The molecule has 1 amide bonds. The number of benzene rings is 3. The van der Waals surface area contributed by atoms with E-state index in [4.69, 9.17) is 4.74 Å². The molecule has 0 radical (unpaired) electrons. The second-order valence-electron chi connectivity index (χ2n) is 5.88. The monoisotopic (exact) mass is 454 g/mol. The van der Waals surface area contributed by atoms with E-state index >= 15 is 0 Å². The highest BCUT2D eigenvalue weighted by Crippen LogP contribution is 2.23. The molecular weight excluding hydrogens is 436 g/mol. The maximum atomic E-state index is 12.3. The van der Waals surface area contributed by atoms with Crippen LogP contribution in [0.15, 0.2) is 87.3 Å². The Hall–Kier alpha value is -2.57. The van der Waals surface area contributed by atoms with Crippen LogP contribution in [0, 0.1) is 0 Å². The van der Waals surface area contributed by atoms with Crippen LogP contribution >= 0.6 is 27.7 Å². The van der Waals surface area contributed by atoms with E-state index < -0.39 is 0 Å². The van der Waals surface area contributed by atoms with Gasteiger partial charge in [0.2, 0.25) is 0 Å². The number of methoxy groups -OCH3 is 1. The molecule has 0 saturated heterocycles. The summed E-state index contributed by atoms with van der Waals surface area (Å²) in [5, 5.41) is 4.04. The Morgan fingerprint density at radius 2 is 1.86 bits per heavy atom. The highest BCUT2D eigenvalue weighted by Gasteiger charge is 2.05. The standard InChI is InChI=1S/C22H19BrN2O2S/c1-27-21-12-11-19(23)13-18(21)14-24-25-22(26)17-9-7-16(8-10-17)15-28-20-5-3-2-4-6-20/h2-14H,15H2,1H3,(H,25,26)/b24-14-.